The second-order valence-electron chi connectivity index (χ2n) is 8.28. The zero-order valence-corrected chi connectivity index (χ0v) is 15.9. The molecule has 3 aliphatic carbocycles. The summed E-state index contributed by atoms with van der Waals surface area (Å²) in [5, 5.41) is 0. The number of Topliss-reactive ketones (excluding diaryl/α,β-unsaturated/α-hetero) is 1. The van der Waals surface area contributed by atoms with Crippen LogP contribution in [0.3, 0.4) is 0 Å². The van der Waals surface area contributed by atoms with Crippen molar-refractivity contribution in [3.63, 3.8) is 0 Å². The third-order valence-electron chi connectivity index (χ3n) is 6.89. The van der Waals surface area contributed by atoms with Crippen LogP contribution in [0.1, 0.15) is 49.7 Å². The predicted octanol–water partition coefficient (Wildman–Crippen LogP) is 4.29. The van der Waals surface area contributed by atoms with E-state index in [4.69, 9.17) is 0 Å². The van der Waals surface area contributed by atoms with Gasteiger partial charge in [-0.05, 0) is 73.1 Å². The predicted molar refractivity (Wildman–Crippen MR) is 91.9 cm³/mol. The normalized spacial score (nSPS) is 35.1. The van der Waals surface area contributed by atoms with Crippen molar-refractivity contribution in [3.8, 4) is 5.75 Å². The van der Waals surface area contributed by atoms with Crippen molar-refractivity contribution in [2.45, 2.75) is 56.6 Å². The van der Waals surface area contributed by atoms with Gasteiger partial charge in [-0.25, -0.2) is 4.39 Å². The number of alkyl halides is 4. The van der Waals surface area contributed by atoms with Gasteiger partial charge >= 0.3 is 15.6 Å². The van der Waals surface area contributed by atoms with Crippen LogP contribution in [0.25, 0.3) is 0 Å². The van der Waals surface area contributed by atoms with Gasteiger partial charge < -0.3 is 4.18 Å². The van der Waals surface area contributed by atoms with E-state index in [1.165, 1.54) is 12.1 Å². The lowest BCUT2D eigenvalue weighted by Crippen LogP contribution is -2.42. The second-order valence-corrected chi connectivity index (χ2v) is 9.82. The van der Waals surface area contributed by atoms with Gasteiger partial charge in [0.05, 0.1) is 0 Å². The van der Waals surface area contributed by atoms with Crippen molar-refractivity contribution in [3.05, 3.63) is 29.3 Å². The van der Waals surface area contributed by atoms with E-state index < -0.39 is 27.2 Å². The Balaban J connectivity index is 1.61. The molecule has 0 heterocycles. The molecule has 1 aromatic carbocycles. The van der Waals surface area contributed by atoms with E-state index in [1.807, 2.05) is 6.92 Å². The quantitative estimate of drug-likeness (QED) is 0.407. The molecule has 0 saturated heterocycles. The van der Waals surface area contributed by atoms with E-state index in [2.05, 4.69) is 4.18 Å². The van der Waals surface area contributed by atoms with Crippen LogP contribution in [0.2, 0.25) is 0 Å². The van der Waals surface area contributed by atoms with Crippen LogP contribution in [0.15, 0.2) is 18.2 Å². The average molecular weight is 420 g/mol. The van der Waals surface area contributed by atoms with Crippen LogP contribution < -0.4 is 4.18 Å². The Morgan fingerprint density at radius 3 is 2.61 bits per heavy atom. The van der Waals surface area contributed by atoms with Gasteiger partial charge in [0.1, 0.15) is 5.75 Å². The van der Waals surface area contributed by atoms with Crippen LogP contribution in [0.4, 0.5) is 17.6 Å². The lowest BCUT2D eigenvalue weighted by molar-refractivity contribution is -0.132. The zero-order valence-electron chi connectivity index (χ0n) is 15.1. The summed E-state index contributed by atoms with van der Waals surface area (Å²) < 4.78 is 78.4. The highest BCUT2D eigenvalue weighted by Crippen LogP contribution is 2.60. The Labute approximate surface area is 160 Å². The maximum Gasteiger partial charge on any atom is 0.534 e. The summed E-state index contributed by atoms with van der Waals surface area (Å²) in [7, 11) is -5.71. The monoisotopic (exact) mass is 420 g/mol. The minimum absolute atomic E-state index is 0.0385. The Bertz CT molecular complexity index is 926. The highest BCUT2D eigenvalue weighted by Gasteiger charge is 2.58. The van der Waals surface area contributed by atoms with Crippen molar-refractivity contribution >= 4 is 15.9 Å². The summed E-state index contributed by atoms with van der Waals surface area (Å²) >= 11 is 0. The smallest absolute Gasteiger partial charge is 0.376 e. The summed E-state index contributed by atoms with van der Waals surface area (Å²) in [6, 6.07) is 4.19. The first-order valence-corrected chi connectivity index (χ1v) is 10.7. The zero-order chi connectivity index (χ0) is 20.5. The fourth-order valence-electron chi connectivity index (χ4n) is 5.53. The first kappa shape index (κ1) is 19.7. The molecule has 0 amide bonds. The number of aryl methyl sites for hydroxylation is 1. The third kappa shape index (κ3) is 2.84. The van der Waals surface area contributed by atoms with Crippen molar-refractivity contribution in [1.29, 1.82) is 0 Å². The molecular weight excluding hydrogens is 400 g/mol. The molecule has 0 unspecified atom stereocenters. The Morgan fingerprint density at radius 2 is 1.93 bits per heavy atom. The molecule has 2 fully saturated rings. The number of benzene rings is 1. The number of carbonyl (C=O) groups is 1. The number of hydrogen-bond acceptors (Lipinski definition) is 4. The summed E-state index contributed by atoms with van der Waals surface area (Å²) in [4.78, 5) is 12.3. The number of rotatable bonds is 2. The van der Waals surface area contributed by atoms with Gasteiger partial charge in [0.25, 0.3) is 0 Å². The van der Waals surface area contributed by atoms with Crippen molar-refractivity contribution in [2.75, 3.05) is 0 Å². The van der Waals surface area contributed by atoms with E-state index in [0.29, 0.717) is 25.7 Å². The lowest BCUT2D eigenvalue weighted by atomic mass is 9.55. The summed E-state index contributed by atoms with van der Waals surface area (Å²) in [5.41, 5.74) is -4.44. The standard InChI is InChI=1S/C19H20F4O4S/c1-18-7-6-13-12-5-3-11(27-28(25,26)19(21,22)23)8-10(12)2-4-14(13)15(18)9-16(20)17(18)24/h3,5,8,13-16H,2,4,6-7,9H2,1H3/t13-,14-,15+,16-,18+/m1/s1. The van der Waals surface area contributed by atoms with Crippen molar-refractivity contribution in [2.24, 2.45) is 17.3 Å². The fraction of sp³-hybridized carbons (Fsp3) is 0.632. The molecule has 28 heavy (non-hydrogen) atoms. The maximum atomic E-state index is 14.1. The average Bonchev–Trinajstić information content (AvgIpc) is 2.84. The molecule has 0 radical (unpaired) electrons. The van der Waals surface area contributed by atoms with Gasteiger partial charge in [-0.2, -0.15) is 21.6 Å². The molecule has 3 aliphatic rings. The minimum atomic E-state index is -5.71. The Morgan fingerprint density at radius 1 is 1.21 bits per heavy atom. The van der Waals surface area contributed by atoms with Gasteiger partial charge in [0, 0.05) is 5.41 Å². The Hall–Kier alpha value is -1.64. The van der Waals surface area contributed by atoms with Crippen molar-refractivity contribution in [1.82, 2.24) is 0 Å². The van der Waals surface area contributed by atoms with Crippen molar-refractivity contribution < 1.29 is 35.0 Å². The van der Waals surface area contributed by atoms with Gasteiger partial charge in [-0.1, -0.05) is 13.0 Å². The van der Waals surface area contributed by atoms with Crippen LogP contribution in [0, 0.1) is 17.3 Å². The van der Waals surface area contributed by atoms with Gasteiger partial charge in [-0.15, -0.1) is 0 Å². The molecule has 0 aromatic heterocycles. The Kier molecular flexibility index (Phi) is 4.34. The fourth-order valence-corrected chi connectivity index (χ4v) is 5.98. The third-order valence-corrected chi connectivity index (χ3v) is 7.86. The molecule has 0 N–H and O–H groups in total. The number of halogens is 4. The summed E-state index contributed by atoms with van der Waals surface area (Å²) in [5.74, 6) is -0.476. The maximum absolute atomic E-state index is 14.1. The molecule has 9 heteroatoms. The molecule has 154 valence electrons. The van der Waals surface area contributed by atoms with E-state index >= 15 is 0 Å². The highest BCUT2D eigenvalue weighted by molar-refractivity contribution is 7.88. The van der Waals surface area contributed by atoms with Crippen LogP contribution in [-0.2, 0) is 21.3 Å². The first-order valence-electron chi connectivity index (χ1n) is 9.26. The van der Waals surface area contributed by atoms with E-state index in [-0.39, 0.29) is 35.7 Å². The van der Waals surface area contributed by atoms with E-state index in [9.17, 15) is 30.8 Å². The largest absolute Gasteiger partial charge is 0.534 e. The van der Waals surface area contributed by atoms with Crippen LogP contribution >= 0.6 is 0 Å². The van der Waals surface area contributed by atoms with Crippen LogP contribution in [0.5, 0.6) is 5.75 Å². The summed E-state index contributed by atoms with van der Waals surface area (Å²) in [6.07, 6.45) is 1.31. The number of carbonyl (C=O) groups excluding carboxylic acids is 1. The highest BCUT2D eigenvalue weighted by atomic mass is 32.2. The number of hydrogen-bond donors (Lipinski definition) is 0. The first-order chi connectivity index (χ1) is 12.9. The molecule has 0 aliphatic heterocycles. The molecule has 2 saturated carbocycles. The van der Waals surface area contributed by atoms with E-state index in [0.717, 1.165) is 11.1 Å². The number of fused-ring (bicyclic) bond motifs is 5. The van der Waals surface area contributed by atoms with Gasteiger partial charge in [-0.3, -0.25) is 4.79 Å². The molecule has 5 atom stereocenters. The molecule has 1 aromatic rings. The molecule has 4 nitrogen and oxygen atoms in total. The molecule has 0 bridgehead atoms. The van der Waals surface area contributed by atoms with Crippen LogP contribution in [-0.4, -0.2) is 25.9 Å². The molecule has 4 rings (SSSR count). The number of ketones is 1. The summed E-state index contributed by atoms with van der Waals surface area (Å²) in [6.45, 7) is 1.85. The SMILES string of the molecule is C[C@]12CC[C@@H]3c4ccc(OS(=O)(=O)C(F)(F)F)cc4CC[C@H]3[C@@H]1C[C@@H](F)C2=O. The topological polar surface area (TPSA) is 60.4 Å². The lowest BCUT2D eigenvalue weighted by Gasteiger charge is -2.48. The minimum Gasteiger partial charge on any atom is -0.376 e. The second kappa shape index (κ2) is 6.18. The molecule has 0 spiro atoms. The van der Waals surface area contributed by atoms with Gasteiger partial charge in [0.2, 0.25) is 0 Å². The molecular formula is C19H20F4O4S. The van der Waals surface area contributed by atoms with Gasteiger partial charge in [0.15, 0.2) is 12.0 Å². The van der Waals surface area contributed by atoms with E-state index in [1.54, 1.807) is 6.07 Å².